The molecule has 5 nitrogen and oxygen atoms in total. The molecule has 2 aromatic rings. The highest BCUT2D eigenvalue weighted by molar-refractivity contribution is 5.65. The van der Waals surface area contributed by atoms with E-state index in [2.05, 4.69) is 33.4 Å². The van der Waals surface area contributed by atoms with Gasteiger partial charge in [0, 0.05) is 32.4 Å². The number of nitrogens with zero attached hydrogens (tertiary/aromatic N) is 2. The molecule has 0 atom stereocenters. The van der Waals surface area contributed by atoms with Crippen molar-refractivity contribution in [1.29, 1.82) is 0 Å². The maximum Gasteiger partial charge on any atom is 0.151 e. The number of aliphatic hydroxyl groups excluding tert-OH is 1. The molecule has 0 amide bonds. The fraction of sp³-hybridized carbons (Fsp3) is 0.421. The lowest BCUT2D eigenvalue weighted by molar-refractivity contribution is 0.203. The van der Waals surface area contributed by atoms with Gasteiger partial charge in [0.15, 0.2) is 5.82 Å². The van der Waals surface area contributed by atoms with Crippen molar-refractivity contribution >= 4 is 11.5 Å². The lowest BCUT2D eigenvalue weighted by Gasteiger charge is -2.33. The number of hydrogen-bond acceptors (Lipinski definition) is 5. The molecule has 2 heterocycles. The monoisotopic (exact) mass is 327 g/mol. The Labute approximate surface area is 143 Å². The zero-order valence-electron chi connectivity index (χ0n) is 14.1. The minimum atomic E-state index is 0.290. The number of rotatable bonds is 6. The number of aromatic nitrogens is 1. The van der Waals surface area contributed by atoms with Gasteiger partial charge in [0.1, 0.15) is 5.75 Å². The Morgan fingerprint density at radius 3 is 2.62 bits per heavy atom. The molecule has 1 aliphatic heterocycles. The van der Waals surface area contributed by atoms with E-state index in [0.717, 1.165) is 49.7 Å². The standard InChI is InChI=1S/C19H25N3O2/c1-24-17-6-4-15(5-7-17)13-21-18-3-2-10-20-19(18)22-11-8-16(14-23)9-12-22/h2-7,10,16,21,23H,8-9,11-14H2,1H3. The number of methoxy groups -OCH3 is 1. The van der Waals surface area contributed by atoms with Crippen LogP contribution in [-0.2, 0) is 6.54 Å². The third-order valence-corrected chi connectivity index (χ3v) is 4.60. The quantitative estimate of drug-likeness (QED) is 0.854. The van der Waals surface area contributed by atoms with Crippen LogP contribution in [0.5, 0.6) is 5.75 Å². The van der Waals surface area contributed by atoms with Crippen LogP contribution in [-0.4, -0.2) is 36.9 Å². The molecule has 0 unspecified atom stereocenters. The smallest absolute Gasteiger partial charge is 0.151 e. The molecule has 5 heteroatoms. The Kier molecular flexibility index (Phi) is 5.54. The van der Waals surface area contributed by atoms with E-state index >= 15 is 0 Å². The third-order valence-electron chi connectivity index (χ3n) is 4.60. The number of nitrogens with one attached hydrogen (secondary N) is 1. The third kappa shape index (κ3) is 3.97. The largest absolute Gasteiger partial charge is 0.497 e. The Morgan fingerprint density at radius 2 is 1.96 bits per heavy atom. The van der Waals surface area contributed by atoms with Crippen LogP contribution in [0.2, 0.25) is 0 Å². The molecule has 0 spiro atoms. The number of aliphatic hydroxyl groups is 1. The minimum absolute atomic E-state index is 0.290. The molecule has 1 aromatic carbocycles. The Morgan fingerprint density at radius 1 is 1.21 bits per heavy atom. The molecule has 0 bridgehead atoms. The summed E-state index contributed by atoms with van der Waals surface area (Å²) in [6, 6.07) is 12.1. The van der Waals surface area contributed by atoms with Gasteiger partial charge in [0.05, 0.1) is 12.8 Å². The van der Waals surface area contributed by atoms with Crippen molar-refractivity contribution in [3.63, 3.8) is 0 Å². The zero-order valence-corrected chi connectivity index (χ0v) is 14.1. The topological polar surface area (TPSA) is 57.6 Å². The summed E-state index contributed by atoms with van der Waals surface area (Å²) in [5.74, 6) is 2.30. The second-order valence-electron chi connectivity index (χ2n) is 6.19. The molecule has 0 radical (unpaired) electrons. The van der Waals surface area contributed by atoms with E-state index in [9.17, 15) is 5.11 Å². The molecular formula is C19H25N3O2. The highest BCUT2D eigenvalue weighted by Crippen LogP contribution is 2.28. The lowest BCUT2D eigenvalue weighted by Crippen LogP contribution is -2.35. The van der Waals surface area contributed by atoms with Crippen molar-refractivity contribution in [2.24, 2.45) is 5.92 Å². The normalized spacial score (nSPS) is 15.3. The summed E-state index contributed by atoms with van der Waals surface area (Å²) < 4.78 is 5.19. The molecule has 1 aromatic heterocycles. The molecule has 1 saturated heterocycles. The van der Waals surface area contributed by atoms with E-state index in [-0.39, 0.29) is 0 Å². The van der Waals surface area contributed by atoms with Gasteiger partial charge in [0.25, 0.3) is 0 Å². The van der Waals surface area contributed by atoms with Gasteiger partial charge < -0.3 is 20.1 Å². The van der Waals surface area contributed by atoms with E-state index in [4.69, 9.17) is 4.74 Å². The van der Waals surface area contributed by atoms with Gasteiger partial charge in [-0.3, -0.25) is 0 Å². The summed E-state index contributed by atoms with van der Waals surface area (Å²) in [6.45, 7) is 2.92. The second-order valence-corrected chi connectivity index (χ2v) is 6.19. The first-order chi connectivity index (χ1) is 11.8. The molecule has 0 saturated carbocycles. The maximum absolute atomic E-state index is 9.29. The van der Waals surface area contributed by atoms with Crippen molar-refractivity contribution in [2.45, 2.75) is 19.4 Å². The van der Waals surface area contributed by atoms with Gasteiger partial charge in [0.2, 0.25) is 0 Å². The van der Waals surface area contributed by atoms with Crippen molar-refractivity contribution < 1.29 is 9.84 Å². The van der Waals surface area contributed by atoms with E-state index in [0.29, 0.717) is 12.5 Å². The SMILES string of the molecule is COc1ccc(CNc2cccnc2N2CCC(CO)CC2)cc1. The summed E-state index contributed by atoms with van der Waals surface area (Å²) in [5.41, 5.74) is 2.25. The van der Waals surface area contributed by atoms with Crippen molar-refractivity contribution in [3.05, 3.63) is 48.2 Å². The highest BCUT2D eigenvalue weighted by atomic mass is 16.5. The number of anilines is 2. The van der Waals surface area contributed by atoms with Gasteiger partial charge in [-0.1, -0.05) is 12.1 Å². The summed E-state index contributed by atoms with van der Waals surface area (Å²) in [4.78, 5) is 6.88. The van der Waals surface area contributed by atoms with Crippen LogP contribution in [0.1, 0.15) is 18.4 Å². The highest BCUT2D eigenvalue weighted by Gasteiger charge is 2.21. The van der Waals surface area contributed by atoms with Gasteiger partial charge in [-0.05, 0) is 48.6 Å². The molecule has 1 aliphatic rings. The first kappa shape index (κ1) is 16.6. The van der Waals surface area contributed by atoms with E-state index < -0.39 is 0 Å². The fourth-order valence-electron chi connectivity index (χ4n) is 3.05. The number of benzene rings is 1. The van der Waals surface area contributed by atoms with Crippen LogP contribution in [0, 0.1) is 5.92 Å². The van der Waals surface area contributed by atoms with E-state index in [1.54, 1.807) is 7.11 Å². The maximum atomic E-state index is 9.29. The van der Waals surface area contributed by atoms with Crippen LogP contribution < -0.4 is 15.0 Å². The average molecular weight is 327 g/mol. The number of ether oxygens (including phenoxy) is 1. The zero-order chi connectivity index (χ0) is 16.8. The van der Waals surface area contributed by atoms with E-state index in [1.807, 2.05) is 24.4 Å². The molecule has 24 heavy (non-hydrogen) atoms. The number of hydrogen-bond donors (Lipinski definition) is 2. The summed E-state index contributed by atoms with van der Waals surface area (Å²) in [7, 11) is 1.68. The van der Waals surface area contributed by atoms with Crippen LogP contribution in [0.3, 0.4) is 0 Å². The lowest BCUT2D eigenvalue weighted by atomic mass is 9.98. The van der Waals surface area contributed by atoms with Crippen LogP contribution in [0.15, 0.2) is 42.6 Å². The Bertz CT molecular complexity index is 637. The van der Waals surface area contributed by atoms with Crippen molar-refractivity contribution in [3.8, 4) is 5.75 Å². The molecule has 3 rings (SSSR count). The molecule has 2 N–H and O–H groups in total. The molecule has 1 fully saturated rings. The summed E-state index contributed by atoms with van der Waals surface area (Å²) in [6.07, 6.45) is 3.88. The Hall–Kier alpha value is -2.27. The number of piperidine rings is 1. The van der Waals surface area contributed by atoms with Gasteiger partial charge in [-0.25, -0.2) is 4.98 Å². The Balaban J connectivity index is 1.65. The predicted octanol–water partition coefficient (Wildman–Crippen LogP) is 2.91. The van der Waals surface area contributed by atoms with Gasteiger partial charge >= 0.3 is 0 Å². The first-order valence-electron chi connectivity index (χ1n) is 8.48. The van der Waals surface area contributed by atoms with Gasteiger partial charge in [-0.15, -0.1) is 0 Å². The van der Waals surface area contributed by atoms with Crippen molar-refractivity contribution in [1.82, 2.24) is 4.98 Å². The van der Waals surface area contributed by atoms with Crippen molar-refractivity contribution in [2.75, 3.05) is 37.0 Å². The number of pyridine rings is 1. The van der Waals surface area contributed by atoms with Crippen LogP contribution >= 0.6 is 0 Å². The van der Waals surface area contributed by atoms with E-state index in [1.165, 1.54) is 5.56 Å². The summed E-state index contributed by atoms with van der Waals surface area (Å²) in [5, 5.41) is 12.8. The molecular weight excluding hydrogens is 302 g/mol. The molecule has 128 valence electrons. The average Bonchev–Trinajstić information content (AvgIpc) is 2.67. The van der Waals surface area contributed by atoms with Gasteiger partial charge in [-0.2, -0.15) is 0 Å². The second kappa shape index (κ2) is 8.02. The summed E-state index contributed by atoms with van der Waals surface area (Å²) >= 11 is 0. The van der Waals surface area contributed by atoms with Crippen LogP contribution in [0.4, 0.5) is 11.5 Å². The minimum Gasteiger partial charge on any atom is -0.497 e. The fourth-order valence-corrected chi connectivity index (χ4v) is 3.05. The van der Waals surface area contributed by atoms with Crippen LogP contribution in [0.25, 0.3) is 0 Å². The molecule has 0 aliphatic carbocycles. The first-order valence-corrected chi connectivity index (χ1v) is 8.48. The predicted molar refractivity (Wildman–Crippen MR) is 96.6 cm³/mol.